The average molecular weight is 342 g/mol. The van der Waals surface area contributed by atoms with Crippen LogP contribution >= 0.6 is 0 Å². The van der Waals surface area contributed by atoms with Gasteiger partial charge in [0.2, 0.25) is 0 Å². The number of aliphatic carboxylic acids is 1. The van der Waals surface area contributed by atoms with E-state index < -0.39 is 18.1 Å². The van der Waals surface area contributed by atoms with Crippen LogP contribution in [0.4, 0.5) is 4.39 Å². The molecule has 0 aromatic rings. The largest absolute Gasteiger partial charge is 0.481 e. The molecule has 2 fully saturated rings. The van der Waals surface area contributed by atoms with E-state index >= 15 is 0 Å². The molecular formula is C18H27FO5. The zero-order valence-corrected chi connectivity index (χ0v) is 13.9. The van der Waals surface area contributed by atoms with Crippen molar-refractivity contribution in [2.75, 3.05) is 6.61 Å². The number of hydrogen-bond donors (Lipinski definition) is 1. The van der Waals surface area contributed by atoms with E-state index in [1.165, 1.54) is 0 Å². The van der Waals surface area contributed by atoms with Gasteiger partial charge in [-0.05, 0) is 38.5 Å². The molecule has 1 aliphatic carbocycles. The maximum Gasteiger partial charge on any atom is 0.303 e. The summed E-state index contributed by atoms with van der Waals surface area (Å²) < 4.78 is 25.6. The Morgan fingerprint density at radius 2 is 2.17 bits per heavy atom. The third-order valence-corrected chi connectivity index (χ3v) is 4.81. The Labute approximate surface area is 142 Å². The first-order valence-corrected chi connectivity index (χ1v) is 8.85. The van der Waals surface area contributed by atoms with Crippen molar-refractivity contribution >= 4 is 12.3 Å². The van der Waals surface area contributed by atoms with Gasteiger partial charge in [-0.3, -0.25) is 4.79 Å². The van der Waals surface area contributed by atoms with Gasteiger partial charge in [0, 0.05) is 25.4 Å². The van der Waals surface area contributed by atoms with Gasteiger partial charge in [0.1, 0.15) is 12.5 Å². The van der Waals surface area contributed by atoms with Crippen LogP contribution in [-0.2, 0) is 19.1 Å². The van der Waals surface area contributed by atoms with E-state index in [0.717, 1.165) is 19.3 Å². The van der Waals surface area contributed by atoms with Gasteiger partial charge in [-0.1, -0.05) is 12.2 Å². The lowest BCUT2D eigenvalue weighted by molar-refractivity contribution is -0.195. The first-order valence-electron chi connectivity index (χ1n) is 8.85. The molecule has 1 aliphatic heterocycles. The van der Waals surface area contributed by atoms with Crippen LogP contribution in [0.2, 0.25) is 0 Å². The summed E-state index contributed by atoms with van der Waals surface area (Å²) in [4.78, 5) is 21.7. The molecule has 2 aliphatic rings. The number of hydrogen-bond acceptors (Lipinski definition) is 4. The van der Waals surface area contributed by atoms with Crippen LogP contribution in [0.25, 0.3) is 0 Å². The molecule has 5 nitrogen and oxygen atoms in total. The molecule has 1 saturated heterocycles. The van der Waals surface area contributed by atoms with Crippen LogP contribution in [0.15, 0.2) is 12.2 Å². The van der Waals surface area contributed by atoms with Gasteiger partial charge in [-0.15, -0.1) is 0 Å². The molecule has 1 saturated carbocycles. The number of carboxylic acids is 1. The van der Waals surface area contributed by atoms with Gasteiger partial charge in [0.15, 0.2) is 6.29 Å². The van der Waals surface area contributed by atoms with Crippen molar-refractivity contribution < 1.29 is 28.6 Å². The van der Waals surface area contributed by atoms with Crippen molar-refractivity contribution in [2.24, 2.45) is 11.8 Å². The van der Waals surface area contributed by atoms with Crippen molar-refractivity contribution in [1.29, 1.82) is 0 Å². The molecule has 1 heterocycles. The summed E-state index contributed by atoms with van der Waals surface area (Å²) in [6.07, 6.45) is 7.84. The summed E-state index contributed by atoms with van der Waals surface area (Å²) in [5.74, 6) is -1.62. The Bertz CT molecular complexity index is 433. The Morgan fingerprint density at radius 1 is 1.33 bits per heavy atom. The first kappa shape index (κ1) is 19.1. The number of carbonyl (C=O) groups is 2. The maximum absolute atomic E-state index is 14.1. The number of ether oxygens (including phenoxy) is 2. The van der Waals surface area contributed by atoms with Gasteiger partial charge >= 0.3 is 5.97 Å². The van der Waals surface area contributed by atoms with Gasteiger partial charge in [0.05, 0.1) is 12.0 Å². The second kappa shape index (κ2) is 9.89. The summed E-state index contributed by atoms with van der Waals surface area (Å²) in [6, 6.07) is 0. The maximum atomic E-state index is 14.1. The van der Waals surface area contributed by atoms with Crippen LogP contribution in [0.1, 0.15) is 51.4 Å². The van der Waals surface area contributed by atoms with Gasteiger partial charge in [-0.2, -0.15) is 0 Å². The fourth-order valence-electron chi connectivity index (χ4n) is 3.48. The highest BCUT2D eigenvalue weighted by Gasteiger charge is 2.44. The molecule has 5 atom stereocenters. The van der Waals surface area contributed by atoms with Crippen LogP contribution in [0.3, 0.4) is 0 Å². The number of alkyl halides is 1. The van der Waals surface area contributed by atoms with E-state index in [1.54, 1.807) is 0 Å². The van der Waals surface area contributed by atoms with E-state index in [1.807, 2.05) is 12.2 Å². The molecular weight excluding hydrogens is 315 g/mol. The Hall–Kier alpha value is -1.27. The number of rotatable bonds is 9. The smallest absolute Gasteiger partial charge is 0.303 e. The lowest BCUT2D eigenvalue weighted by atomic mass is 9.91. The van der Waals surface area contributed by atoms with E-state index in [2.05, 4.69) is 0 Å². The predicted molar refractivity (Wildman–Crippen MR) is 86.3 cm³/mol. The SMILES string of the molecule is O=C[C@@H]1[C@@H](C/C=C\CCCC(=O)O)[C@@H](OC2CCCCO2)C[C@@H]1F. The van der Waals surface area contributed by atoms with Crippen molar-refractivity contribution in [1.82, 2.24) is 0 Å². The van der Waals surface area contributed by atoms with Crippen molar-refractivity contribution in [3.05, 3.63) is 12.2 Å². The normalized spacial score (nSPS) is 33.8. The number of aldehydes is 1. The second-order valence-corrected chi connectivity index (χ2v) is 6.59. The Morgan fingerprint density at radius 3 is 2.83 bits per heavy atom. The van der Waals surface area contributed by atoms with Crippen molar-refractivity contribution in [3.63, 3.8) is 0 Å². The average Bonchev–Trinajstić information content (AvgIpc) is 2.86. The quantitative estimate of drug-likeness (QED) is 0.395. The highest BCUT2D eigenvalue weighted by molar-refractivity contribution is 5.66. The Balaban J connectivity index is 1.85. The minimum atomic E-state index is -1.17. The van der Waals surface area contributed by atoms with Gasteiger partial charge < -0.3 is 19.4 Å². The zero-order chi connectivity index (χ0) is 17.4. The van der Waals surface area contributed by atoms with Crippen LogP contribution in [-0.4, -0.2) is 42.5 Å². The fourth-order valence-corrected chi connectivity index (χ4v) is 3.48. The molecule has 0 amide bonds. The van der Waals surface area contributed by atoms with Gasteiger partial charge in [-0.25, -0.2) is 4.39 Å². The number of unbranched alkanes of at least 4 members (excludes halogenated alkanes) is 1. The molecule has 1 unspecified atom stereocenters. The monoisotopic (exact) mass is 342 g/mol. The standard InChI is InChI=1S/C18H27FO5/c19-15-11-16(24-18-9-5-6-10-23-18)13(14(15)12-20)7-3-1-2-4-8-17(21)22/h1,3,12-16,18H,2,4-11H2,(H,21,22)/b3-1-/t13-,14-,15+,16+,18?/m1/s1. The van der Waals surface area contributed by atoms with Crippen molar-refractivity contribution in [3.8, 4) is 0 Å². The summed E-state index contributed by atoms with van der Waals surface area (Å²) in [6.45, 7) is 0.668. The lowest BCUT2D eigenvalue weighted by Crippen LogP contribution is -2.31. The number of carbonyl (C=O) groups excluding carboxylic acids is 1. The second-order valence-electron chi connectivity index (χ2n) is 6.59. The molecule has 0 radical (unpaired) electrons. The molecule has 136 valence electrons. The molecule has 0 bridgehead atoms. The first-order chi connectivity index (χ1) is 11.6. The minimum absolute atomic E-state index is 0.141. The Kier molecular flexibility index (Phi) is 7.85. The molecule has 1 N–H and O–H groups in total. The molecule has 0 aromatic heterocycles. The molecule has 6 heteroatoms. The number of allylic oxidation sites excluding steroid dienone is 2. The highest BCUT2D eigenvalue weighted by Crippen LogP contribution is 2.39. The third-order valence-electron chi connectivity index (χ3n) is 4.81. The van der Waals surface area contributed by atoms with Crippen LogP contribution in [0.5, 0.6) is 0 Å². The summed E-state index contributed by atoms with van der Waals surface area (Å²) in [5.41, 5.74) is 0. The minimum Gasteiger partial charge on any atom is -0.481 e. The number of carboxylic acid groups (broad SMARTS) is 1. The van der Waals surface area contributed by atoms with E-state index in [9.17, 15) is 14.0 Å². The molecule has 24 heavy (non-hydrogen) atoms. The highest BCUT2D eigenvalue weighted by atomic mass is 19.1. The van der Waals surface area contributed by atoms with Crippen LogP contribution < -0.4 is 0 Å². The fraction of sp³-hybridized carbons (Fsp3) is 0.778. The molecule has 2 rings (SSSR count). The lowest BCUT2D eigenvalue weighted by Gasteiger charge is -2.29. The summed E-state index contributed by atoms with van der Waals surface area (Å²) in [5, 5.41) is 8.60. The van der Waals surface area contributed by atoms with Gasteiger partial charge in [0.25, 0.3) is 0 Å². The van der Waals surface area contributed by atoms with E-state index in [-0.39, 0.29) is 31.2 Å². The zero-order valence-electron chi connectivity index (χ0n) is 13.9. The molecule has 0 spiro atoms. The molecule has 0 aromatic carbocycles. The summed E-state index contributed by atoms with van der Waals surface area (Å²) >= 11 is 0. The van der Waals surface area contributed by atoms with Crippen molar-refractivity contribution in [2.45, 2.75) is 69.9 Å². The third kappa shape index (κ3) is 5.67. The van der Waals surface area contributed by atoms with Crippen LogP contribution in [0, 0.1) is 11.8 Å². The summed E-state index contributed by atoms with van der Waals surface area (Å²) in [7, 11) is 0. The predicted octanol–water partition coefficient (Wildman–Crippen LogP) is 3.27. The topological polar surface area (TPSA) is 72.8 Å². The van der Waals surface area contributed by atoms with E-state index in [4.69, 9.17) is 14.6 Å². The number of halogens is 1. The van der Waals surface area contributed by atoms with E-state index in [0.29, 0.717) is 32.2 Å².